The number of fused-ring (bicyclic) bond motifs is 1. The fourth-order valence-electron chi connectivity index (χ4n) is 1.87. The number of H-pyrrole nitrogens is 1. The summed E-state index contributed by atoms with van der Waals surface area (Å²) in [6, 6.07) is 7.20. The number of likely N-dealkylation sites (N-methyl/N-ethyl adjacent to an activating group) is 2. The standard InChI is InChI=1S/C13H16N4O2/c1-15-11(18)7-17(2)13(19)10-6-8-4-3-5-9(14)12(8)16-10/h3-6,16H,7,14H2,1-2H3,(H,15,18). The number of nitrogens with one attached hydrogen (secondary N) is 2. The van der Waals surface area contributed by atoms with Gasteiger partial charge in [0, 0.05) is 19.5 Å². The number of aromatic nitrogens is 1. The summed E-state index contributed by atoms with van der Waals surface area (Å²) in [6.45, 7) is 0.0141. The van der Waals surface area contributed by atoms with E-state index in [1.54, 1.807) is 19.2 Å². The van der Waals surface area contributed by atoms with E-state index in [-0.39, 0.29) is 18.4 Å². The topological polar surface area (TPSA) is 91.2 Å². The molecule has 4 N–H and O–H groups in total. The summed E-state index contributed by atoms with van der Waals surface area (Å²) < 4.78 is 0. The van der Waals surface area contributed by atoms with Gasteiger partial charge in [-0.2, -0.15) is 0 Å². The minimum atomic E-state index is -0.251. The van der Waals surface area contributed by atoms with E-state index in [0.717, 1.165) is 10.9 Å². The maximum Gasteiger partial charge on any atom is 0.270 e. The van der Waals surface area contributed by atoms with Gasteiger partial charge >= 0.3 is 0 Å². The Morgan fingerprint density at radius 2 is 2.16 bits per heavy atom. The highest BCUT2D eigenvalue weighted by molar-refractivity contribution is 6.01. The van der Waals surface area contributed by atoms with Crippen LogP contribution < -0.4 is 11.1 Å². The third-order valence-electron chi connectivity index (χ3n) is 2.93. The number of amides is 2. The van der Waals surface area contributed by atoms with E-state index in [1.165, 1.54) is 11.9 Å². The first-order valence-electron chi connectivity index (χ1n) is 5.86. The van der Waals surface area contributed by atoms with E-state index in [4.69, 9.17) is 5.73 Å². The van der Waals surface area contributed by atoms with Crippen molar-refractivity contribution in [1.82, 2.24) is 15.2 Å². The summed E-state index contributed by atoms with van der Waals surface area (Å²) in [5, 5.41) is 3.35. The van der Waals surface area contributed by atoms with Crippen molar-refractivity contribution in [3.05, 3.63) is 30.0 Å². The number of para-hydroxylation sites is 1. The van der Waals surface area contributed by atoms with Crippen LogP contribution in [-0.4, -0.2) is 42.3 Å². The Balaban J connectivity index is 2.26. The molecule has 6 heteroatoms. The SMILES string of the molecule is CNC(=O)CN(C)C(=O)c1cc2cccc(N)c2[nH]1. The van der Waals surface area contributed by atoms with Gasteiger partial charge in [0.2, 0.25) is 5.91 Å². The lowest BCUT2D eigenvalue weighted by atomic mass is 10.2. The van der Waals surface area contributed by atoms with Gasteiger partial charge < -0.3 is 20.9 Å². The lowest BCUT2D eigenvalue weighted by molar-refractivity contribution is -0.121. The van der Waals surface area contributed by atoms with Crippen LogP contribution in [0.15, 0.2) is 24.3 Å². The molecule has 0 aliphatic rings. The third-order valence-corrected chi connectivity index (χ3v) is 2.93. The Morgan fingerprint density at radius 1 is 1.42 bits per heavy atom. The minimum absolute atomic E-state index is 0.0141. The molecular weight excluding hydrogens is 244 g/mol. The van der Waals surface area contributed by atoms with Crippen molar-refractivity contribution in [1.29, 1.82) is 0 Å². The number of hydrogen-bond donors (Lipinski definition) is 3. The molecule has 0 saturated carbocycles. The molecule has 1 aromatic heterocycles. The molecular formula is C13H16N4O2. The number of carbonyl (C=O) groups excluding carboxylic acids is 2. The molecule has 2 amide bonds. The zero-order valence-corrected chi connectivity index (χ0v) is 10.9. The molecule has 0 fully saturated rings. The molecule has 0 atom stereocenters. The predicted molar refractivity (Wildman–Crippen MR) is 73.7 cm³/mol. The molecule has 0 spiro atoms. The van der Waals surface area contributed by atoms with Crippen LogP contribution >= 0.6 is 0 Å². The molecule has 1 heterocycles. The van der Waals surface area contributed by atoms with Crippen molar-refractivity contribution in [3.63, 3.8) is 0 Å². The van der Waals surface area contributed by atoms with Crippen LogP contribution in [0, 0.1) is 0 Å². The molecule has 0 radical (unpaired) electrons. The molecule has 1 aromatic carbocycles. The van der Waals surface area contributed by atoms with Gasteiger partial charge in [-0.25, -0.2) is 0 Å². The molecule has 0 aliphatic heterocycles. The quantitative estimate of drug-likeness (QED) is 0.704. The smallest absolute Gasteiger partial charge is 0.270 e. The van der Waals surface area contributed by atoms with E-state index >= 15 is 0 Å². The zero-order chi connectivity index (χ0) is 14.0. The maximum atomic E-state index is 12.2. The molecule has 0 aliphatic carbocycles. The summed E-state index contributed by atoms with van der Waals surface area (Å²) in [6.07, 6.45) is 0. The Bertz CT molecular complexity index is 633. The molecule has 0 saturated heterocycles. The maximum absolute atomic E-state index is 12.2. The van der Waals surface area contributed by atoms with Crippen LogP contribution in [0.3, 0.4) is 0 Å². The van der Waals surface area contributed by atoms with Crippen molar-refractivity contribution < 1.29 is 9.59 Å². The van der Waals surface area contributed by atoms with Gasteiger partial charge in [0.15, 0.2) is 0 Å². The number of aromatic amines is 1. The second kappa shape index (κ2) is 5.01. The largest absolute Gasteiger partial charge is 0.397 e. The molecule has 2 rings (SSSR count). The second-order valence-corrected chi connectivity index (χ2v) is 4.33. The molecule has 0 bridgehead atoms. The first-order chi connectivity index (χ1) is 9.02. The molecule has 19 heavy (non-hydrogen) atoms. The molecule has 6 nitrogen and oxygen atoms in total. The Hall–Kier alpha value is -2.50. The zero-order valence-electron chi connectivity index (χ0n) is 10.9. The van der Waals surface area contributed by atoms with Gasteiger partial charge in [-0.05, 0) is 12.1 Å². The molecule has 0 unspecified atom stereocenters. The van der Waals surface area contributed by atoms with Crippen LogP contribution in [0.2, 0.25) is 0 Å². The first-order valence-corrected chi connectivity index (χ1v) is 5.86. The van der Waals surface area contributed by atoms with Gasteiger partial charge in [0.05, 0.1) is 17.7 Å². The van der Waals surface area contributed by atoms with Crippen molar-refractivity contribution in [3.8, 4) is 0 Å². The predicted octanol–water partition coefficient (Wildman–Crippen LogP) is 0.568. The molecule has 100 valence electrons. The first kappa shape index (κ1) is 12.9. The van der Waals surface area contributed by atoms with Crippen LogP contribution in [0.5, 0.6) is 0 Å². The van der Waals surface area contributed by atoms with Gasteiger partial charge in [-0.1, -0.05) is 12.1 Å². The van der Waals surface area contributed by atoms with Crippen LogP contribution in [0.1, 0.15) is 10.5 Å². The summed E-state index contributed by atoms with van der Waals surface area (Å²) in [5.74, 6) is -0.467. The molecule has 2 aromatic rings. The average Bonchev–Trinajstić information content (AvgIpc) is 2.83. The van der Waals surface area contributed by atoms with E-state index in [2.05, 4.69) is 10.3 Å². The minimum Gasteiger partial charge on any atom is -0.397 e. The monoisotopic (exact) mass is 260 g/mol. The highest BCUT2D eigenvalue weighted by Crippen LogP contribution is 2.21. The van der Waals surface area contributed by atoms with E-state index < -0.39 is 0 Å². The van der Waals surface area contributed by atoms with Crippen LogP contribution in [0.25, 0.3) is 10.9 Å². The lowest BCUT2D eigenvalue weighted by Gasteiger charge is -2.14. The van der Waals surface area contributed by atoms with Crippen molar-refractivity contribution in [2.75, 3.05) is 26.4 Å². The van der Waals surface area contributed by atoms with Gasteiger partial charge in [0.25, 0.3) is 5.91 Å². The normalized spacial score (nSPS) is 10.4. The number of nitrogens with zero attached hydrogens (tertiary/aromatic N) is 1. The highest BCUT2D eigenvalue weighted by Gasteiger charge is 2.16. The Morgan fingerprint density at radius 3 is 2.79 bits per heavy atom. The summed E-state index contributed by atoms with van der Waals surface area (Å²) >= 11 is 0. The van der Waals surface area contributed by atoms with Crippen LogP contribution in [0.4, 0.5) is 5.69 Å². The van der Waals surface area contributed by atoms with Crippen molar-refractivity contribution in [2.45, 2.75) is 0 Å². The number of nitrogens with two attached hydrogens (primary N) is 1. The van der Waals surface area contributed by atoms with Crippen LogP contribution in [-0.2, 0) is 4.79 Å². The number of anilines is 1. The van der Waals surface area contributed by atoms with E-state index in [0.29, 0.717) is 11.4 Å². The van der Waals surface area contributed by atoms with Crippen molar-refractivity contribution >= 4 is 28.4 Å². The fourth-order valence-corrected chi connectivity index (χ4v) is 1.87. The fraction of sp³-hybridized carbons (Fsp3) is 0.231. The second-order valence-electron chi connectivity index (χ2n) is 4.33. The average molecular weight is 260 g/mol. The van der Waals surface area contributed by atoms with Gasteiger partial charge in [-0.15, -0.1) is 0 Å². The van der Waals surface area contributed by atoms with Gasteiger partial charge in [-0.3, -0.25) is 9.59 Å². The number of nitrogen functional groups attached to an aromatic ring is 1. The number of carbonyl (C=O) groups is 2. The summed E-state index contributed by atoms with van der Waals surface area (Å²) in [7, 11) is 3.11. The Kier molecular flexibility index (Phi) is 3.41. The van der Waals surface area contributed by atoms with Crippen molar-refractivity contribution in [2.24, 2.45) is 0 Å². The summed E-state index contributed by atoms with van der Waals surface area (Å²) in [5.41, 5.74) is 7.57. The number of benzene rings is 1. The Labute approximate surface area is 110 Å². The van der Waals surface area contributed by atoms with E-state index in [9.17, 15) is 9.59 Å². The number of hydrogen-bond acceptors (Lipinski definition) is 3. The van der Waals surface area contributed by atoms with E-state index in [1.807, 2.05) is 12.1 Å². The lowest BCUT2D eigenvalue weighted by Crippen LogP contribution is -2.37. The third kappa shape index (κ3) is 2.52. The highest BCUT2D eigenvalue weighted by atomic mass is 16.2. The summed E-state index contributed by atoms with van der Waals surface area (Å²) in [4.78, 5) is 27.7. The van der Waals surface area contributed by atoms with Gasteiger partial charge in [0.1, 0.15) is 5.69 Å². The number of rotatable bonds is 3.